The smallest absolute Gasteiger partial charge is 0.338 e. The minimum Gasteiger partial charge on any atom is -0.454 e. The molecular weight excluding hydrogens is 542 g/mol. The lowest BCUT2D eigenvalue weighted by Crippen LogP contribution is -2.37. The molecule has 0 spiro atoms. The van der Waals surface area contributed by atoms with Gasteiger partial charge in [-0.05, 0) is 42.5 Å². The van der Waals surface area contributed by atoms with Crippen LogP contribution in [0.25, 0.3) is 0 Å². The lowest BCUT2D eigenvalue weighted by molar-refractivity contribution is -0.123. The van der Waals surface area contributed by atoms with Gasteiger partial charge in [0.2, 0.25) is 11.8 Å². The van der Waals surface area contributed by atoms with Gasteiger partial charge in [-0.25, -0.2) is 4.79 Å². The summed E-state index contributed by atoms with van der Waals surface area (Å²) in [7, 11) is 0. The molecule has 0 N–H and O–H groups in total. The van der Waals surface area contributed by atoms with Crippen molar-refractivity contribution in [1.29, 1.82) is 0 Å². The number of imide groups is 1. The van der Waals surface area contributed by atoms with E-state index in [0.717, 1.165) is 6.42 Å². The molecule has 6 nitrogen and oxygen atoms in total. The predicted molar refractivity (Wildman–Crippen MR) is 124 cm³/mol. The van der Waals surface area contributed by atoms with Crippen LogP contribution in [0.4, 0.5) is 5.69 Å². The van der Waals surface area contributed by atoms with E-state index in [0.29, 0.717) is 11.3 Å². The molecule has 2 aliphatic carbocycles. The summed E-state index contributed by atoms with van der Waals surface area (Å²) in [5.74, 6) is -1.56. The Bertz CT molecular complexity index is 1070. The van der Waals surface area contributed by atoms with Crippen LogP contribution in [0.2, 0.25) is 0 Å². The maximum atomic E-state index is 13.1. The zero-order chi connectivity index (χ0) is 22.6. The fraction of sp³-hybridized carbons (Fsp3) is 0.333. The third-order valence-corrected chi connectivity index (χ3v) is 9.99. The van der Waals surface area contributed by atoms with Crippen LogP contribution in [-0.4, -0.2) is 39.8 Å². The molecule has 0 radical (unpaired) electrons. The third kappa shape index (κ3) is 3.35. The van der Waals surface area contributed by atoms with Gasteiger partial charge in [0.05, 0.1) is 23.1 Å². The summed E-state index contributed by atoms with van der Waals surface area (Å²) in [4.78, 5) is 52.3. The summed E-state index contributed by atoms with van der Waals surface area (Å²) in [6.07, 6.45) is 0.874. The second-order valence-corrected chi connectivity index (χ2v) is 10.5. The van der Waals surface area contributed by atoms with E-state index in [1.165, 1.54) is 17.0 Å². The molecule has 2 bridgehead atoms. The van der Waals surface area contributed by atoms with E-state index in [1.54, 1.807) is 42.5 Å². The SMILES string of the molecule is O=C(COC(=O)c1ccc(N2C(=O)C3C4CC(C(Br)C4Br)C3C2=O)cc1)c1ccccc1. The number of nitrogens with zero attached hydrogens (tertiary/aromatic N) is 1. The number of Topliss-reactive ketones (excluding diaryl/α,β-unsaturated/α-hetero) is 1. The number of hydrogen-bond donors (Lipinski definition) is 0. The normalized spacial score (nSPS) is 30.5. The predicted octanol–water partition coefficient (Wildman–Crippen LogP) is 4.01. The Kier molecular flexibility index (Phi) is 5.53. The lowest BCUT2D eigenvalue weighted by Gasteiger charge is -2.28. The highest BCUT2D eigenvalue weighted by molar-refractivity contribution is 9.12. The number of benzene rings is 2. The van der Waals surface area contributed by atoms with Crippen molar-refractivity contribution < 1.29 is 23.9 Å². The summed E-state index contributed by atoms with van der Waals surface area (Å²) >= 11 is 7.36. The van der Waals surface area contributed by atoms with Crippen LogP contribution in [0.1, 0.15) is 27.1 Å². The van der Waals surface area contributed by atoms with Gasteiger partial charge in [0.25, 0.3) is 0 Å². The number of halogens is 2. The van der Waals surface area contributed by atoms with Crippen LogP contribution in [0, 0.1) is 23.7 Å². The molecule has 1 saturated heterocycles. The minimum absolute atomic E-state index is 0.146. The van der Waals surface area contributed by atoms with Crippen molar-refractivity contribution in [2.75, 3.05) is 11.5 Å². The number of carbonyl (C=O) groups excluding carboxylic acids is 4. The summed E-state index contributed by atoms with van der Waals surface area (Å²) in [5.41, 5.74) is 1.16. The van der Waals surface area contributed by atoms with Crippen molar-refractivity contribution in [3.05, 3.63) is 65.7 Å². The maximum absolute atomic E-state index is 13.1. The van der Waals surface area contributed by atoms with Gasteiger partial charge in [-0.2, -0.15) is 0 Å². The van der Waals surface area contributed by atoms with Crippen LogP contribution >= 0.6 is 31.9 Å². The second-order valence-electron chi connectivity index (χ2n) is 8.43. The molecule has 8 heteroatoms. The van der Waals surface area contributed by atoms with Crippen molar-refractivity contribution >= 4 is 61.1 Å². The Balaban J connectivity index is 1.27. The van der Waals surface area contributed by atoms with E-state index in [1.807, 2.05) is 0 Å². The number of ether oxygens (including phenoxy) is 1. The van der Waals surface area contributed by atoms with Gasteiger partial charge >= 0.3 is 5.97 Å². The number of carbonyl (C=O) groups is 4. The maximum Gasteiger partial charge on any atom is 0.338 e. The first-order valence-electron chi connectivity index (χ1n) is 10.4. The average Bonchev–Trinajstić information content (AvgIpc) is 3.42. The molecule has 1 heterocycles. The third-order valence-electron chi connectivity index (χ3n) is 6.78. The number of ketones is 1. The van der Waals surface area contributed by atoms with Crippen LogP contribution < -0.4 is 4.90 Å². The van der Waals surface area contributed by atoms with Gasteiger partial charge < -0.3 is 4.74 Å². The van der Waals surface area contributed by atoms with Crippen LogP contribution in [0.5, 0.6) is 0 Å². The van der Waals surface area contributed by atoms with Gasteiger partial charge in [0.1, 0.15) is 0 Å². The first kappa shape index (κ1) is 21.5. The Morgan fingerprint density at radius 3 is 1.97 bits per heavy atom. The van der Waals surface area contributed by atoms with E-state index in [2.05, 4.69) is 31.9 Å². The molecule has 2 amide bonds. The molecule has 6 atom stereocenters. The van der Waals surface area contributed by atoms with Crippen molar-refractivity contribution in [2.24, 2.45) is 23.7 Å². The Morgan fingerprint density at radius 2 is 1.41 bits per heavy atom. The van der Waals surface area contributed by atoms with E-state index in [-0.39, 0.29) is 63.1 Å². The minimum atomic E-state index is -0.640. The molecule has 32 heavy (non-hydrogen) atoms. The van der Waals surface area contributed by atoms with Gasteiger partial charge in [-0.15, -0.1) is 0 Å². The Labute approximate surface area is 201 Å². The second kappa shape index (κ2) is 8.23. The van der Waals surface area contributed by atoms with Crippen molar-refractivity contribution in [3.63, 3.8) is 0 Å². The molecule has 0 aromatic heterocycles. The van der Waals surface area contributed by atoms with Crippen LogP contribution in [0.3, 0.4) is 0 Å². The molecular formula is C24H19Br2NO5. The highest BCUT2D eigenvalue weighted by Gasteiger charge is 2.66. The average molecular weight is 561 g/mol. The molecule has 2 saturated carbocycles. The van der Waals surface area contributed by atoms with Crippen LogP contribution in [0.15, 0.2) is 54.6 Å². The number of fused-ring (bicyclic) bond motifs is 5. The molecule has 5 rings (SSSR count). The summed E-state index contributed by atoms with van der Waals surface area (Å²) in [6, 6.07) is 14.8. The molecule has 2 aromatic carbocycles. The van der Waals surface area contributed by atoms with E-state index in [9.17, 15) is 19.2 Å². The Morgan fingerprint density at radius 1 is 0.844 bits per heavy atom. The zero-order valence-corrected chi connectivity index (χ0v) is 20.0. The fourth-order valence-electron chi connectivity index (χ4n) is 5.27. The fourth-order valence-corrected chi connectivity index (χ4v) is 7.15. The van der Waals surface area contributed by atoms with Gasteiger partial charge in [0, 0.05) is 15.2 Å². The first-order chi connectivity index (χ1) is 15.4. The van der Waals surface area contributed by atoms with Crippen LogP contribution in [-0.2, 0) is 14.3 Å². The molecule has 3 fully saturated rings. The number of anilines is 1. The number of alkyl halides is 2. The van der Waals surface area contributed by atoms with Gasteiger partial charge in [0.15, 0.2) is 12.4 Å². The van der Waals surface area contributed by atoms with Crippen molar-refractivity contribution in [3.8, 4) is 0 Å². The molecule has 1 aliphatic heterocycles. The number of amides is 2. The highest BCUT2D eigenvalue weighted by Crippen LogP contribution is 2.60. The number of esters is 1. The zero-order valence-electron chi connectivity index (χ0n) is 16.8. The standard InChI is InChI=1S/C24H19Br2NO5/c25-20-15-10-16(21(20)26)19-18(15)22(29)27(23(19)30)14-8-6-13(7-9-14)24(31)32-11-17(28)12-4-2-1-3-5-12/h1-9,15-16,18-21H,10-11H2. The van der Waals surface area contributed by atoms with Crippen molar-refractivity contribution in [2.45, 2.75) is 16.1 Å². The number of hydrogen-bond acceptors (Lipinski definition) is 5. The summed E-state index contributed by atoms with van der Waals surface area (Å²) in [5, 5.41) is 0. The van der Waals surface area contributed by atoms with E-state index in [4.69, 9.17) is 4.74 Å². The quantitative estimate of drug-likeness (QED) is 0.239. The largest absolute Gasteiger partial charge is 0.454 e. The summed E-state index contributed by atoms with van der Waals surface area (Å²) < 4.78 is 5.13. The molecule has 2 aromatic rings. The van der Waals surface area contributed by atoms with Gasteiger partial charge in [-0.1, -0.05) is 62.2 Å². The molecule has 6 unspecified atom stereocenters. The monoisotopic (exact) mass is 559 g/mol. The topological polar surface area (TPSA) is 80.8 Å². The highest BCUT2D eigenvalue weighted by atomic mass is 79.9. The summed E-state index contributed by atoms with van der Waals surface area (Å²) in [6.45, 7) is -0.360. The Hall–Kier alpha value is -2.32. The van der Waals surface area contributed by atoms with Gasteiger partial charge in [-0.3, -0.25) is 19.3 Å². The van der Waals surface area contributed by atoms with E-state index < -0.39 is 5.97 Å². The molecule has 3 aliphatic rings. The van der Waals surface area contributed by atoms with E-state index >= 15 is 0 Å². The first-order valence-corrected chi connectivity index (χ1v) is 12.2. The number of rotatable bonds is 5. The molecule has 164 valence electrons. The lowest BCUT2D eigenvalue weighted by atomic mass is 9.81. The van der Waals surface area contributed by atoms with Crippen molar-refractivity contribution in [1.82, 2.24) is 0 Å².